The Morgan fingerprint density at radius 2 is 1.96 bits per heavy atom. The van der Waals surface area contributed by atoms with Crippen molar-refractivity contribution in [3.8, 4) is 0 Å². The Kier molecular flexibility index (Phi) is 3.44. The van der Waals surface area contributed by atoms with Gasteiger partial charge in [0.15, 0.2) is 12.1 Å². The Balaban J connectivity index is 2.05. The highest BCUT2D eigenvalue weighted by atomic mass is 35.5. The van der Waals surface area contributed by atoms with E-state index in [9.17, 15) is 4.79 Å². The predicted molar refractivity (Wildman–Crippen MR) is 95.8 cm³/mol. The average molecular weight is 360 g/mol. The molecule has 1 aliphatic rings. The minimum absolute atomic E-state index is 0.160. The first-order valence-electron chi connectivity index (χ1n) is 7.11. The topological polar surface area (TPSA) is 85.3 Å². The Morgan fingerprint density at radius 1 is 1.17 bits per heavy atom. The molecule has 1 aliphatic heterocycles. The van der Waals surface area contributed by atoms with Crippen LogP contribution in [0.5, 0.6) is 0 Å². The molecule has 6 nitrogen and oxygen atoms in total. The number of rotatable bonds is 1. The maximum atomic E-state index is 12.2. The van der Waals surface area contributed by atoms with Crippen molar-refractivity contribution in [3.05, 3.63) is 68.4 Å². The van der Waals surface area contributed by atoms with E-state index in [0.29, 0.717) is 32.5 Å². The number of fused-ring (bicyclic) bond motifs is 3. The van der Waals surface area contributed by atoms with E-state index in [1.165, 1.54) is 0 Å². The maximum Gasteiger partial charge on any atom is 0.282 e. The summed E-state index contributed by atoms with van der Waals surface area (Å²) in [5.41, 5.74) is 6.93. The quantitative estimate of drug-likeness (QED) is 0.699. The lowest BCUT2D eigenvalue weighted by Gasteiger charge is -2.27. The van der Waals surface area contributed by atoms with Crippen LogP contribution < -0.4 is 16.6 Å². The van der Waals surface area contributed by atoms with Crippen molar-refractivity contribution in [1.82, 2.24) is 9.55 Å². The number of nitrogens with one attached hydrogen (secondary N) is 1. The fraction of sp³-hybridized carbons (Fsp3) is 0.0625. The number of aromatic nitrogens is 2. The highest BCUT2D eigenvalue weighted by Gasteiger charge is 2.26. The zero-order valence-corrected chi connectivity index (χ0v) is 13.7. The molecule has 1 aromatic heterocycles. The highest BCUT2D eigenvalue weighted by Crippen LogP contribution is 2.34. The number of halogens is 2. The van der Waals surface area contributed by atoms with Gasteiger partial charge < -0.3 is 5.73 Å². The number of nitrogens with two attached hydrogens (primary N) is 1. The summed E-state index contributed by atoms with van der Waals surface area (Å²) in [5.74, 6) is 0.482. The number of hydrogen-bond acceptors (Lipinski definition) is 5. The first-order chi connectivity index (χ1) is 11.5. The summed E-state index contributed by atoms with van der Waals surface area (Å²) in [7, 11) is 0. The number of aliphatic imine (C=N–C) groups is 1. The van der Waals surface area contributed by atoms with Crippen molar-refractivity contribution in [3.63, 3.8) is 0 Å². The van der Waals surface area contributed by atoms with Gasteiger partial charge in [0, 0.05) is 15.6 Å². The molecule has 0 bridgehead atoms. The smallest absolute Gasteiger partial charge is 0.282 e. The lowest BCUT2D eigenvalue weighted by Crippen LogP contribution is -2.34. The predicted octanol–water partition coefficient (Wildman–Crippen LogP) is 2.99. The first kappa shape index (κ1) is 15.0. The van der Waals surface area contributed by atoms with E-state index in [0.717, 1.165) is 0 Å². The van der Waals surface area contributed by atoms with Crippen molar-refractivity contribution < 1.29 is 0 Å². The van der Waals surface area contributed by atoms with Gasteiger partial charge >= 0.3 is 0 Å². The molecule has 3 aromatic rings. The molecule has 120 valence electrons. The monoisotopic (exact) mass is 359 g/mol. The van der Waals surface area contributed by atoms with Crippen LogP contribution in [-0.4, -0.2) is 15.5 Å². The lowest BCUT2D eigenvalue weighted by molar-refractivity contribution is 0.616. The van der Waals surface area contributed by atoms with Crippen molar-refractivity contribution in [2.24, 2.45) is 10.7 Å². The van der Waals surface area contributed by atoms with Crippen molar-refractivity contribution >= 4 is 46.0 Å². The molecule has 0 fully saturated rings. The Bertz CT molecular complexity index is 1060. The Labute approximate surface area is 146 Å². The standard InChI is InChI=1S/C16H11Cl2N5O/c17-8-5-6-9(11(18)7-8)13-20-15(19)22-16-21-14(24)10-3-1-2-4-12(10)23(13)16/h1-7,13H,(H3,19,20,21,22,24). The van der Waals surface area contributed by atoms with Gasteiger partial charge in [-0.25, -0.2) is 4.99 Å². The van der Waals surface area contributed by atoms with Gasteiger partial charge in [-0.2, -0.15) is 4.98 Å². The van der Waals surface area contributed by atoms with E-state index in [1.807, 2.05) is 12.1 Å². The number of anilines is 1. The first-order valence-corrected chi connectivity index (χ1v) is 7.87. The normalized spacial score (nSPS) is 16.4. The van der Waals surface area contributed by atoms with E-state index in [4.69, 9.17) is 28.9 Å². The minimum atomic E-state index is -0.552. The highest BCUT2D eigenvalue weighted by molar-refractivity contribution is 6.35. The average Bonchev–Trinajstić information content (AvgIpc) is 2.54. The second-order valence-electron chi connectivity index (χ2n) is 5.31. The summed E-state index contributed by atoms with van der Waals surface area (Å²) in [6, 6.07) is 12.3. The molecule has 2 aromatic carbocycles. The van der Waals surface area contributed by atoms with E-state index >= 15 is 0 Å². The SMILES string of the molecule is NC1=NC(c2ccc(Cl)cc2Cl)n2c(nc(=O)c3ccccc32)N1. The zero-order valence-electron chi connectivity index (χ0n) is 12.2. The van der Waals surface area contributed by atoms with E-state index < -0.39 is 6.17 Å². The van der Waals surface area contributed by atoms with Crippen molar-refractivity contribution in [2.45, 2.75) is 6.17 Å². The Morgan fingerprint density at radius 3 is 2.75 bits per heavy atom. The molecule has 0 amide bonds. The van der Waals surface area contributed by atoms with Gasteiger partial charge in [0.1, 0.15) is 0 Å². The second kappa shape index (κ2) is 5.51. The molecule has 0 saturated carbocycles. The molecule has 0 radical (unpaired) electrons. The molecule has 8 heteroatoms. The minimum Gasteiger partial charge on any atom is -0.370 e. The fourth-order valence-electron chi connectivity index (χ4n) is 2.78. The number of benzene rings is 2. The van der Waals surface area contributed by atoms with Crippen LogP contribution >= 0.6 is 23.2 Å². The molecular weight excluding hydrogens is 349 g/mol. The lowest BCUT2D eigenvalue weighted by atomic mass is 10.1. The molecule has 0 spiro atoms. The third-order valence-electron chi connectivity index (χ3n) is 3.82. The Hall–Kier alpha value is -2.57. The van der Waals surface area contributed by atoms with Crippen LogP contribution in [0.15, 0.2) is 52.3 Å². The molecule has 0 aliphatic carbocycles. The van der Waals surface area contributed by atoms with Crippen LogP contribution in [0, 0.1) is 0 Å². The van der Waals surface area contributed by atoms with Crippen LogP contribution in [0.1, 0.15) is 11.7 Å². The third-order valence-corrected chi connectivity index (χ3v) is 4.38. The molecule has 0 saturated heterocycles. The van der Waals surface area contributed by atoms with E-state index in [-0.39, 0.29) is 11.5 Å². The fourth-order valence-corrected chi connectivity index (χ4v) is 3.29. The summed E-state index contributed by atoms with van der Waals surface area (Å²) in [6.45, 7) is 0. The van der Waals surface area contributed by atoms with Gasteiger partial charge in [-0.05, 0) is 24.3 Å². The van der Waals surface area contributed by atoms with E-state index in [2.05, 4.69) is 15.3 Å². The molecular formula is C16H11Cl2N5O. The van der Waals surface area contributed by atoms with Gasteiger partial charge in [-0.1, -0.05) is 41.4 Å². The number of hydrogen-bond donors (Lipinski definition) is 2. The number of nitrogens with zero attached hydrogens (tertiary/aromatic N) is 3. The van der Waals surface area contributed by atoms with Gasteiger partial charge in [0.25, 0.3) is 5.56 Å². The zero-order chi connectivity index (χ0) is 16.8. The van der Waals surface area contributed by atoms with Crippen LogP contribution in [0.2, 0.25) is 10.0 Å². The molecule has 24 heavy (non-hydrogen) atoms. The maximum absolute atomic E-state index is 12.2. The summed E-state index contributed by atoms with van der Waals surface area (Å²) in [6.07, 6.45) is -0.552. The summed E-state index contributed by atoms with van der Waals surface area (Å²) >= 11 is 12.3. The van der Waals surface area contributed by atoms with Gasteiger partial charge in [0.2, 0.25) is 5.95 Å². The van der Waals surface area contributed by atoms with Crippen molar-refractivity contribution in [2.75, 3.05) is 5.32 Å². The summed E-state index contributed by atoms with van der Waals surface area (Å²) in [5, 5.41) is 4.31. The number of guanidine groups is 1. The van der Waals surface area contributed by atoms with Crippen LogP contribution in [0.4, 0.5) is 5.95 Å². The van der Waals surface area contributed by atoms with Crippen LogP contribution in [0.3, 0.4) is 0 Å². The van der Waals surface area contributed by atoms with Gasteiger partial charge in [0.05, 0.1) is 10.9 Å². The van der Waals surface area contributed by atoms with Crippen molar-refractivity contribution in [1.29, 1.82) is 0 Å². The van der Waals surface area contributed by atoms with Gasteiger partial charge in [-0.15, -0.1) is 0 Å². The molecule has 3 N–H and O–H groups in total. The largest absolute Gasteiger partial charge is 0.370 e. The molecule has 2 heterocycles. The molecule has 1 atom stereocenters. The molecule has 1 unspecified atom stereocenters. The van der Waals surface area contributed by atoms with Crippen LogP contribution in [0.25, 0.3) is 10.9 Å². The number of para-hydroxylation sites is 1. The summed E-state index contributed by atoms with van der Waals surface area (Å²) in [4.78, 5) is 20.7. The third kappa shape index (κ3) is 2.31. The van der Waals surface area contributed by atoms with Crippen LogP contribution in [-0.2, 0) is 0 Å². The second-order valence-corrected chi connectivity index (χ2v) is 6.15. The molecule has 4 rings (SSSR count). The summed E-state index contributed by atoms with van der Waals surface area (Å²) < 4.78 is 1.79. The van der Waals surface area contributed by atoms with Gasteiger partial charge in [-0.3, -0.25) is 14.7 Å². The van der Waals surface area contributed by atoms with E-state index in [1.54, 1.807) is 34.9 Å².